The standard InChI is InChI=1S/C16H14BrNO3/c1-10(19)12-4-6-14(13(17)8-12)21-15-5-3-11(9-18)7-16(15)20-2/h3-8,10,19H,1-2H3/t10-/m1/s1. The van der Waals surface area contributed by atoms with Crippen molar-refractivity contribution in [3.63, 3.8) is 0 Å². The summed E-state index contributed by atoms with van der Waals surface area (Å²) in [7, 11) is 1.52. The molecule has 21 heavy (non-hydrogen) atoms. The van der Waals surface area contributed by atoms with Crippen molar-refractivity contribution in [3.05, 3.63) is 52.0 Å². The number of aliphatic hydroxyl groups is 1. The third-order valence-electron chi connectivity index (χ3n) is 2.95. The van der Waals surface area contributed by atoms with Gasteiger partial charge in [-0.25, -0.2) is 0 Å². The van der Waals surface area contributed by atoms with Gasteiger partial charge < -0.3 is 14.6 Å². The van der Waals surface area contributed by atoms with Crippen molar-refractivity contribution < 1.29 is 14.6 Å². The lowest BCUT2D eigenvalue weighted by Gasteiger charge is -2.13. The van der Waals surface area contributed by atoms with Crippen molar-refractivity contribution in [1.82, 2.24) is 0 Å². The van der Waals surface area contributed by atoms with Crippen LogP contribution >= 0.6 is 15.9 Å². The van der Waals surface area contributed by atoms with Gasteiger partial charge in [-0.05, 0) is 52.7 Å². The molecule has 1 atom stereocenters. The van der Waals surface area contributed by atoms with Gasteiger partial charge in [-0.15, -0.1) is 0 Å². The topological polar surface area (TPSA) is 62.5 Å². The van der Waals surface area contributed by atoms with E-state index in [-0.39, 0.29) is 0 Å². The molecule has 0 aliphatic heterocycles. The predicted octanol–water partition coefficient (Wildman–Crippen LogP) is 4.17. The molecule has 0 amide bonds. The quantitative estimate of drug-likeness (QED) is 0.901. The Morgan fingerprint density at radius 3 is 2.43 bits per heavy atom. The van der Waals surface area contributed by atoms with Crippen molar-refractivity contribution >= 4 is 15.9 Å². The molecule has 0 heterocycles. The van der Waals surface area contributed by atoms with E-state index in [1.54, 1.807) is 43.3 Å². The number of hydrogen-bond donors (Lipinski definition) is 1. The summed E-state index contributed by atoms with van der Waals surface area (Å²) >= 11 is 3.42. The van der Waals surface area contributed by atoms with Crippen LogP contribution in [-0.4, -0.2) is 12.2 Å². The minimum Gasteiger partial charge on any atom is -0.493 e. The molecule has 0 unspecified atom stereocenters. The molecule has 0 spiro atoms. The molecule has 4 nitrogen and oxygen atoms in total. The van der Waals surface area contributed by atoms with Gasteiger partial charge in [0.05, 0.1) is 29.3 Å². The third-order valence-corrected chi connectivity index (χ3v) is 3.57. The van der Waals surface area contributed by atoms with Gasteiger partial charge in [-0.3, -0.25) is 0 Å². The molecule has 0 aromatic heterocycles. The molecule has 0 aliphatic rings. The Kier molecular flexibility index (Phi) is 4.84. The Hall–Kier alpha value is -2.03. The van der Waals surface area contributed by atoms with Gasteiger partial charge in [0.25, 0.3) is 0 Å². The number of aliphatic hydroxyl groups excluding tert-OH is 1. The lowest BCUT2D eigenvalue weighted by Crippen LogP contribution is -1.94. The smallest absolute Gasteiger partial charge is 0.169 e. The zero-order valence-electron chi connectivity index (χ0n) is 11.6. The number of halogens is 1. The van der Waals surface area contributed by atoms with E-state index in [1.807, 2.05) is 0 Å². The van der Waals surface area contributed by atoms with Crippen molar-refractivity contribution in [2.75, 3.05) is 7.11 Å². The fraction of sp³-hybridized carbons (Fsp3) is 0.188. The molecule has 108 valence electrons. The van der Waals surface area contributed by atoms with Gasteiger partial charge in [-0.2, -0.15) is 5.26 Å². The summed E-state index contributed by atoms with van der Waals surface area (Å²) in [5.74, 6) is 1.60. The first-order valence-corrected chi connectivity index (χ1v) is 7.08. The summed E-state index contributed by atoms with van der Waals surface area (Å²) in [5.41, 5.74) is 1.30. The Labute approximate surface area is 131 Å². The first-order valence-electron chi connectivity index (χ1n) is 6.28. The molecule has 0 radical (unpaired) electrons. The van der Waals surface area contributed by atoms with E-state index in [0.29, 0.717) is 22.8 Å². The first kappa shape index (κ1) is 15.4. The summed E-state index contributed by atoms with van der Waals surface area (Å²) in [6, 6.07) is 12.4. The molecular weight excluding hydrogens is 334 g/mol. The van der Waals surface area contributed by atoms with E-state index in [2.05, 4.69) is 22.0 Å². The third kappa shape index (κ3) is 3.54. The van der Waals surface area contributed by atoms with Crippen LogP contribution in [0.1, 0.15) is 24.2 Å². The van der Waals surface area contributed by atoms with Crippen molar-refractivity contribution in [3.8, 4) is 23.3 Å². The van der Waals surface area contributed by atoms with Crippen molar-refractivity contribution in [2.24, 2.45) is 0 Å². The maximum absolute atomic E-state index is 9.56. The minimum absolute atomic E-state index is 0.487. The molecule has 2 rings (SSSR count). The second-order valence-corrected chi connectivity index (χ2v) is 5.30. The van der Waals surface area contributed by atoms with Crippen LogP contribution < -0.4 is 9.47 Å². The minimum atomic E-state index is -0.542. The fourth-order valence-corrected chi connectivity index (χ4v) is 2.28. The monoisotopic (exact) mass is 347 g/mol. The summed E-state index contributed by atoms with van der Waals surface area (Å²) in [6.45, 7) is 1.70. The lowest BCUT2D eigenvalue weighted by molar-refractivity contribution is 0.199. The average Bonchev–Trinajstić information content (AvgIpc) is 2.49. The maximum Gasteiger partial charge on any atom is 0.169 e. The summed E-state index contributed by atoms with van der Waals surface area (Å²) in [6.07, 6.45) is -0.542. The molecule has 0 bridgehead atoms. The van der Waals surface area contributed by atoms with Crippen LogP contribution in [0.5, 0.6) is 17.2 Å². The summed E-state index contributed by atoms with van der Waals surface area (Å²) in [5, 5.41) is 18.4. The Morgan fingerprint density at radius 2 is 1.86 bits per heavy atom. The maximum atomic E-state index is 9.56. The zero-order chi connectivity index (χ0) is 15.4. The second-order valence-electron chi connectivity index (χ2n) is 4.45. The molecule has 1 N–H and O–H groups in total. The van der Waals surface area contributed by atoms with E-state index >= 15 is 0 Å². The van der Waals surface area contributed by atoms with Crippen LogP contribution in [0.2, 0.25) is 0 Å². The molecule has 0 fully saturated rings. The van der Waals surface area contributed by atoms with Gasteiger partial charge >= 0.3 is 0 Å². The van der Waals surface area contributed by atoms with Crippen LogP contribution in [0, 0.1) is 11.3 Å². The SMILES string of the molecule is COc1cc(C#N)ccc1Oc1ccc([C@@H](C)O)cc1Br. The van der Waals surface area contributed by atoms with Gasteiger partial charge in [0, 0.05) is 6.07 Å². The van der Waals surface area contributed by atoms with E-state index in [0.717, 1.165) is 10.0 Å². The number of hydrogen-bond acceptors (Lipinski definition) is 4. The van der Waals surface area contributed by atoms with Crippen molar-refractivity contribution in [2.45, 2.75) is 13.0 Å². The van der Waals surface area contributed by atoms with Gasteiger partial charge in [0.15, 0.2) is 11.5 Å². The van der Waals surface area contributed by atoms with E-state index in [4.69, 9.17) is 14.7 Å². The predicted molar refractivity (Wildman–Crippen MR) is 82.6 cm³/mol. The highest BCUT2D eigenvalue weighted by Gasteiger charge is 2.11. The van der Waals surface area contributed by atoms with E-state index < -0.39 is 6.10 Å². The normalized spacial score (nSPS) is 11.6. The molecule has 2 aromatic rings. The molecule has 0 saturated heterocycles. The number of ether oxygens (including phenoxy) is 2. The number of methoxy groups -OCH3 is 1. The lowest BCUT2D eigenvalue weighted by atomic mass is 10.1. The largest absolute Gasteiger partial charge is 0.493 e. The highest BCUT2D eigenvalue weighted by molar-refractivity contribution is 9.10. The Morgan fingerprint density at radius 1 is 1.14 bits per heavy atom. The molecular formula is C16H14BrNO3. The first-order chi connectivity index (χ1) is 10.0. The molecule has 5 heteroatoms. The van der Waals surface area contributed by atoms with Crippen LogP contribution in [0.3, 0.4) is 0 Å². The molecule has 0 aliphatic carbocycles. The van der Waals surface area contributed by atoms with Crippen LogP contribution in [0.25, 0.3) is 0 Å². The number of benzene rings is 2. The van der Waals surface area contributed by atoms with Crippen molar-refractivity contribution in [1.29, 1.82) is 5.26 Å². The summed E-state index contributed by atoms with van der Waals surface area (Å²) < 4.78 is 11.8. The van der Waals surface area contributed by atoms with Crippen LogP contribution in [0.4, 0.5) is 0 Å². The number of nitrogens with zero attached hydrogens (tertiary/aromatic N) is 1. The second kappa shape index (κ2) is 6.61. The average molecular weight is 348 g/mol. The van der Waals surface area contributed by atoms with Gasteiger partial charge in [0.2, 0.25) is 0 Å². The van der Waals surface area contributed by atoms with Crippen LogP contribution in [0.15, 0.2) is 40.9 Å². The molecule has 0 saturated carbocycles. The zero-order valence-corrected chi connectivity index (χ0v) is 13.2. The Bertz CT molecular complexity index is 692. The molecule has 2 aromatic carbocycles. The number of rotatable bonds is 4. The Balaban J connectivity index is 2.32. The highest BCUT2D eigenvalue weighted by atomic mass is 79.9. The van der Waals surface area contributed by atoms with Gasteiger partial charge in [0.1, 0.15) is 5.75 Å². The highest BCUT2D eigenvalue weighted by Crippen LogP contribution is 2.36. The van der Waals surface area contributed by atoms with Crippen LogP contribution in [-0.2, 0) is 0 Å². The van der Waals surface area contributed by atoms with Gasteiger partial charge in [-0.1, -0.05) is 6.07 Å². The van der Waals surface area contributed by atoms with E-state index in [1.165, 1.54) is 7.11 Å². The van der Waals surface area contributed by atoms with E-state index in [9.17, 15) is 5.11 Å². The summed E-state index contributed by atoms with van der Waals surface area (Å²) in [4.78, 5) is 0. The fourth-order valence-electron chi connectivity index (χ4n) is 1.80. The number of nitriles is 1.